The predicted molar refractivity (Wildman–Crippen MR) is 72.5 cm³/mol. The minimum atomic E-state index is -1.10. The summed E-state index contributed by atoms with van der Waals surface area (Å²) in [5, 5.41) is 9.42. The van der Waals surface area contributed by atoms with E-state index in [0.717, 1.165) is 17.0 Å². The highest BCUT2D eigenvalue weighted by atomic mass is 16.5. The van der Waals surface area contributed by atoms with Crippen molar-refractivity contribution in [2.75, 3.05) is 7.11 Å². The van der Waals surface area contributed by atoms with Crippen LogP contribution in [0.4, 0.5) is 0 Å². The van der Waals surface area contributed by atoms with Gasteiger partial charge in [0.2, 0.25) is 0 Å². The van der Waals surface area contributed by atoms with Crippen LogP contribution in [0.1, 0.15) is 11.1 Å². The number of aliphatic carboxylic acids is 1. The zero-order chi connectivity index (χ0) is 14.0. The number of fused-ring (bicyclic) bond motifs is 1. The van der Waals surface area contributed by atoms with Crippen LogP contribution in [0, 0.1) is 6.92 Å². The third kappa shape index (κ3) is 2.49. The quantitative estimate of drug-likeness (QED) is 0.825. The van der Waals surface area contributed by atoms with E-state index in [2.05, 4.69) is 4.98 Å². The van der Waals surface area contributed by atoms with E-state index in [1.54, 1.807) is 12.1 Å². The molecular formula is C14H13NO4. The Hall–Kier alpha value is -2.56. The summed E-state index contributed by atoms with van der Waals surface area (Å²) in [7, 11) is 1.53. The first-order valence-corrected chi connectivity index (χ1v) is 5.64. The lowest BCUT2D eigenvalue weighted by atomic mass is 10.1. The van der Waals surface area contributed by atoms with E-state index >= 15 is 0 Å². The molecule has 1 aromatic carbocycles. The highest BCUT2D eigenvalue weighted by Gasteiger charge is 2.07. The standard InChI is InChI=1S/C14H13NO4/c1-8-3-5-11(19-2)13-10(8)7-9(14(18)15-13)4-6-12(16)17/h3-7H,1-2H3,(H,15,18)(H,16,17)/b6-4+. The maximum Gasteiger partial charge on any atom is 0.328 e. The third-order valence-corrected chi connectivity index (χ3v) is 2.85. The zero-order valence-electron chi connectivity index (χ0n) is 10.6. The van der Waals surface area contributed by atoms with E-state index in [4.69, 9.17) is 9.84 Å². The van der Waals surface area contributed by atoms with Gasteiger partial charge in [-0.1, -0.05) is 6.07 Å². The van der Waals surface area contributed by atoms with E-state index in [9.17, 15) is 9.59 Å². The predicted octanol–water partition coefficient (Wildman–Crippen LogP) is 1.94. The molecule has 0 unspecified atom stereocenters. The van der Waals surface area contributed by atoms with Crippen molar-refractivity contribution < 1.29 is 14.6 Å². The summed E-state index contributed by atoms with van der Waals surface area (Å²) >= 11 is 0. The van der Waals surface area contributed by atoms with E-state index < -0.39 is 5.97 Å². The lowest BCUT2D eigenvalue weighted by Gasteiger charge is -2.08. The Morgan fingerprint density at radius 1 is 1.42 bits per heavy atom. The smallest absolute Gasteiger partial charge is 0.328 e. The average Bonchev–Trinajstić information content (AvgIpc) is 2.37. The van der Waals surface area contributed by atoms with Gasteiger partial charge in [0.25, 0.3) is 5.56 Å². The van der Waals surface area contributed by atoms with Crippen molar-refractivity contribution in [1.82, 2.24) is 4.98 Å². The summed E-state index contributed by atoms with van der Waals surface area (Å²) in [4.78, 5) is 25.1. The number of carboxylic acid groups (broad SMARTS) is 1. The van der Waals surface area contributed by atoms with Crippen LogP contribution < -0.4 is 10.3 Å². The van der Waals surface area contributed by atoms with Gasteiger partial charge in [-0.25, -0.2) is 4.79 Å². The largest absolute Gasteiger partial charge is 0.495 e. The first kappa shape index (κ1) is 12.9. The Balaban J connectivity index is 2.72. The topological polar surface area (TPSA) is 79.4 Å². The highest BCUT2D eigenvalue weighted by Crippen LogP contribution is 2.25. The van der Waals surface area contributed by atoms with Crippen molar-refractivity contribution in [3.63, 3.8) is 0 Å². The second kappa shape index (κ2) is 4.97. The summed E-state index contributed by atoms with van der Waals surface area (Å²) in [6.45, 7) is 1.91. The van der Waals surface area contributed by atoms with E-state index in [1.165, 1.54) is 13.2 Å². The summed E-state index contributed by atoms with van der Waals surface area (Å²) in [6.07, 6.45) is 2.21. The molecule has 0 fully saturated rings. The van der Waals surface area contributed by atoms with Gasteiger partial charge in [0.15, 0.2) is 0 Å². The molecule has 5 nitrogen and oxygen atoms in total. The Kier molecular flexibility index (Phi) is 3.37. The minimum absolute atomic E-state index is 0.297. The van der Waals surface area contributed by atoms with Crippen LogP contribution in [-0.2, 0) is 4.79 Å². The number of aromatic nitrogens is 1. The lowest BCUT2D eigenvalue weighted by molar-refractivity contribution is -0.131. The van der Waals surface area contributed by atoms with Gasteiger partial charge in [0.05, 0.1) is 12.6 Å². The third-order valence-electron chi connectivity index (χ3n) is 2.85. The van der Waals surface area contributed by atoms with Crippen LogP contribution in [-0.4, -0.2) is 23.2 Å². The monoisotopic (exact) mass is 259 g/mol. The van der Waals surface area contributed by atoms with E-state index in [1.807, 2.05) is 13.0 Å². The molecule has 98 valence electrons. The van der Waals surface area contributed by atoms with Gasteiger partial charge in [-0.3, -0.25) is 4.79 Å². The molecule has 0 radical (unpaired) electrons. The van der Waals surface area contributed by atoms with Crippen LogP contribution in [0.2, 0.25) is 0 Å². The zero-order valence-corrected chi connectivity index (χ0v) is 10.6. The molecule has 0 atom stereocenters. The highest BCUT2D eigenvalue weighted by molar-refractivity contribution is 5.90. The van der Waals surface area contributed by atoms with Crippen molar-refractivity contribution >= 4 is 22.9 Å². The summed E-state index contributed by atoms with van der Waals surface area (Å²) in [5.74, 6) is -0.520. The number of H-pyrrole nitrogens is 1. The van der Waals surface area contributed by atoms with Crippen molar-refractivity contribution in [3.8, 4) is 5.75 Å². The molecule has 5 heteroatoms. The number of hydrogen-bond donors (Lipinski definition) is 2. The number of pyridine rings is 1. The van der Waals surface area contributed by atoms with Gasteiger partial charge < -0.3 is 14.8 Å². The Morgan fingerprint density at radius 3 is 2.79 bits per heavy atom. The number of methoxy groups -OCH3 is 1. The molecule has 19 heavy (non-hydrogen) atoms. The molecular weight excluding hydrogens is 246 g/mol. The summed E-state index contributed by atoms with van der Waals surface area (Å²) in [5.41, 5.74) is 1.53. The van der Waals surface area contributed by atoms with Crippen LogP contribution in [0.3, 0.4) is 0 Å². The number of carbonyl (C=O) groups is 1. The number of rotatable bonds is 3. The molecule has 0 aliphatic rings. The second-order valence-corrected chi connectivity index (χ2v) is 4.10. The average molecular weight is 259 g/mol. The molecule has 1 aromatic heterocycles. The fraction of sp³-hybridized carbons (Fsp3) is 0.143. The maximum atomic E-state index is 11.9. The molecule has 2 aromatic rings. The maximum absolute atomic E-state index is 11.9. The number of nitrogens with one attached hydrogen (secondary N) is 1. The van der Waals surface area contributed by atoms with Crippen LogP contribution in [0.15, 0.2) is 29.1 Å². The van der Waals surface area contributed by atoms with Gasteiger partial charge in [-0.15, -0.1) is 0 Å². The van der Waals surface area contributed by atoms with Crippen molar-refractivity contribution in [1.29, 1.82) is 0 Å². The molecule has 0 amide bonds. The number of benzene rings is 1. The fourth-order valence-corrected chi connectivity index (χ4v) is 1.88. The molecule has 0 bridgehead atoms. The molecule has 2 N–H and O–H groups in total. The number of carboxylic acids is 1. The van der Waals surface area contributed by atoms with Gasteiger partial charge in [0.1, 0.15) is 5.75 Å². The summed E-state index contributed by atoms with van der Waals surface area (Å²) in [6, 6.07) is 5.32. The van der Waals surface area contributed by atoms with E-state index in [-0.39, 0.29) is 5.56 Å². The van der Waals surface area contributed by atoms with Crippen molar-refractivity contribution in [3.05, 3.63) is 45.8 Å². The van der Waals surface area contributed by atoms with Crippen molar-refractivity contribution in [2.24, 2.45) is 0 Å². The first-order chi connectivity index (χ1) is 9.02. The minimum Gasteiger partial charge on any atom is -0.495 e. The number of aromatic amines is 1. The lowest BCUT2D eigenvalue weighted by Crippen LogP contribution is -2.10. The molecule has 1 heterocycles. The molecule has 0 saturated carbocycles. The van der Waals surface area contributed by atoms with Crippen LogP contribution in [0.5, 0.6) is 5.75 Å². The Labute approximate surface area is 109 Å². The SMILES string of the molecule is COc1ccc(C)c2cc(/C=C/C(=O)O)c(=O)[nH]c12. The Morgan fingerprint density at radius 2 is 2.16 bits per heavy atom. The first-order valence-electron chi connectivity index (χ1n) is 5.64. The fourth-order valence-electron chi connectivity index (χ4n) is 1.88. The van der Waals surface area contributed by atoms with Crippen LogP contribution >= 0.6 is 0 Å². The van der Waals surface area contributed by atoms with E-state index in [0.29, 0.717) is 16.8 Å². The molecule has 0 aliphatic carbocycles. The number of ether oxygens (including phenoxy) is 1. The van der Waals surface area contributed by atoms with Gasteiger partial charge in [0, 0.05) is 17.0 Å². The van der Waals surface area contributed by atoms with Gasteiger partial charge in [-0.2, -0.15) is 0 Å². The molecule has 2 rings (SSSR count). The normalized spacial score (nSPS) is 11.1. The van der Waals surface area contributed by atoms with Gasteiger partial charge >= 0.3 is 5.97 Å². The number of hydrogen-bond acceptors (Lipinski definition) is 3. The van der Waals surface area contributed by atoms with Crippen LogP contribution in [0.25, 0.3) is 17.0 Å². The number of aryl methyl sites for hydroxylation is 1. The van der Waals surface area contributed by atoms with Crippen molar-refractivity contribution in [2.45, 2.75) is 6.92 Å². The second-order valence-electron chi connectivity index (χ2n) is 4.10. The Bertz CT molecular complexity index is 728. The summed E-state index contributed by atoms with van der Waals surface area (Å²) < 4.78 is 5.19. The van der Waals surface area contributed by atoms with Gasteiger partial charge in [-0.05, 0) is 30.7 Å². The molecule has 0 saturated heterocycles. The molecule has 0 spiro atoms. The molecule has 0 aliphatic heterocycles.